The average molecular weight is 875 g/mol. The zero-order valence-corrected chi connectivity index (χ0v) is 39.7. The van der Waals surface area contributed by atoms with Crippen molar-refractivity contribution in [3.05, 3.63) is 250 Å². The lowest BCUT2D eigenvalue weighted by Gasteiger charge is -2.30. The highest BCUT2D eigenvalue weighted by Gasteiger charge is 2.24. The minimum absolute atomic E-state index is 1.12. The van der Waals surface area contributed by atoms with Crippen LogP contribution in [-0.2, 0) is 0 Å². The van der Waals surface area contributed by atoms with E-state index in [-0.39, 0.29) is 0 Å². The van der Waals surface area contributed by atoms with Gasteiger partial charge >= 0.3 is 0 Å². The molecule has 11 aromatic carbocycles. The Balaban J connectivity index is 1.06. The number of hydrogen-bond acceptors (Lipinski definition) is 2. The fourth-order valence-electron chi connectivity index (χ4n) is 10.0. The highest BCUT2D eigenvalue weighted by molar-refractivity contribution is 6.36. The molecular weight excluding hydrogens is 821 g/mol. The quantitative estimate of drug-likeness (QED) is 0.0767. The molecule has 0 spiro atoms. The number of rotatable bonds is 10. The standard InChI is InChI=1S/C66H54N2/c1-43-7-17-49(18-8-43)21-23-51-25-33-55(34-26-51)67(53-29-11-45(3)12-30-53)61-41-39-59-58-38-16-48(6)64-62(42-40-60(66(58)64)57-37-15-47(5)63(61)65(57)59)68(54-31-13-46(4)14-32-54)56-35-27-52(28-36-56)24-22-50-19-9-44(2)10-20-50/h7-42H,1-6H3/b23-21+,24-22+. The molecule has 0 bridgehead atoms. The van der Waals surface area contributed by atoms with E-state index in [9.17, 15) is 0 Å². The van der Waals surface area contributed by atoms with Crippen molar-refractivity contribution in [3.8, 4) is 0 Å². The summed E-state index contributed by atoms with van der Waals surface area (Å²) < 4.78 is 0. The van der Waals surface area contributed by atoms with Gasteiger partial charge in [-0.25, -0.2) is 0 Å². The van der Waals surface area contributed by atoms with Gasteiger partial charge in [0.15, 0.2) is 0 Å². The van der Waals surface area contributed by atoms with E-state index in [0.717, 1.165) is 33.9 Å². The monoisotopic (exact) mass is 874 g/mol. The zero-order valence-electron chi connectivity index (χ0n) is 39.7. The molecule has 0 saturated heterocycles. The summed E-state index contributed by atoms with van der Waals surface area (Å²) in [4.78, 5) is 4.88. The molecule has 328 valence electrons. The Morgan fingerprint density at radius 2 is 0.471 bits per heavy atom. The summed E-state index contributed by atoms with van der Waals surface area (Å²) in [5.74, 6) is 0. The van der Waals surface area contributed by atoms with Gasteiger partial charge in [-0.1, -0.05) is 180 Å². The summed E-state index contributed by atoms with van der Waals surface area (Å²) in [5, 5.41) is 10.2. The van der Waals surface area contributed by atoms with Crippen LogP contribution in [-0.4, -0.2) is 0 Å². The third-order valence-corrected chi connectivity index (χ3v) is 13.7. The van der Waals surface area contributed by atoms with E-state index in [1.807, 2.05) is 0 Å². The van der Waals surface area contributed by atoms with Gasteiger partial charge < -0.3 is 9.80 Å². The number of anilines is 6. The van der Waals surface area contributed by atoms with Crippen molar-refractivity contribution in [2.45, 2.75) is 41.5 Å². The summed E-state index contributed by atoms with van der Waals surface area (Å²) in [7, 11) is 0. The summed E-state index contributed by atoms with van der Waals surface area (Å²) in [6, 6.07) is 72.0. The van der Waals surface area contributed by atoms with Crippen molar-refractivity contribution in [1.29, 1.82) is 0 Å². The van der Waals surface area contributed by atoms with Gasteiger partial charge in [0, 0.05) is 33.5 Å². The highest BCUT2D eigenvalue weighted by Crippen LogP contribution is 2.50. The first-order valence-electron chi connectivity index (χ1n) is 23.7. The number of hydrogen-bond donors (Lipinski definition) is 0. The lowest BCUT2D eigenvalue weighted by molar-refractivity contribution is 1.28. The minimum Gasteiger partial charge on any atom is -0.310 e. The van der Waals surface area contributed by atoms with Crippen LogP contribution in [0.5, 0.6) is 0 Å². The predicted octanol–water partition coefficient (Wildman–Crippen LogP) is 18.9. The van der Waals surface area contributed by atoms with Crippen molar-refractivity contribution in [1.82, 2.24) is 0 Å². The Morgan fingerprint density at radius 1 is 0.235 bits per heavy atom. The molecule has 0 fully saturated rings. The van der Waals surface area contributed by atoms with Crippen LogP contribution in [0.4, 0.5) is 34.1 Å². The van der Waals surface area contributed by atoms with E-state index in [1.165, 1.54) is 99.0 Å². The van der Waals surface area contributed by atoms with Crippen LogP contribution in [0.2, 0.25) is 0 Å². The van der Waals surface area contributed by atoms with Crippen molar-refractivity contribution in [2.75, 3.05) is 9.80 Å². The Bertz CT molecular complexity index is 3400. The average Bonchev–Trinajstić information content (AvgIpc) is 3.36. The van der Waals surface area contributed by atoms with Gasteiger partial charge in [-0.05, 0) is 168 Å². The molecule has 0 unspecified atom stereocenters. The molecule has 2 nitrogen and oxygen atoms in total. The van der Waals surface area contributed by atoms with Gasteiger partial charge in [-0.15, -0.1) is 0 Å². The predicted molar refractivity (Wildman–Crippen MR) is 296 cm³/mol. The van der Waals surface area contributed by atoms with Gasteiger partial charge in [0.1, 0.15) is 0 Å². The SMILES string of the molecule is Cc1ccc(/C=C/c2ccc(N(c3ccc(C)cc3)c3ccc4c5ccc(C)c6c(N(c7ccc(C)cc7)c7ccc(/C=C/c8ccc(C)cc8)cc7)ccc(c7ccc(C)c3c74)c65)cc2)cc1. The van der Waals surface area contributed by atoms with E-state index in [4.69, 9.17) is 0 Å². The Hall–Kier alpha value is -8.20. The van der Waals surface area contributed by atoms with Gasteiger partial charge in [-0.2, -0.15) is 0 Å². The first-order valence-corrected chi connectivity index (χ1v) is 23.7. The fraction of sp³-hybridized carbons (Fsp3) is 0.0909. The van der Waals surface area contributed by atoms with Crippen LogP contribution in [0.3, 0.4) is 0 Å². The van der Waals surface area contributed by atoms with E-state index < -0.39 is 0 Å². The molecule has 11 aromatic rings. The summed E-state index contributed by atoms with van der Waals surface area (Å²) in [6.07, 6.45) is 8.78. The third-order valence-electron chi connectivity index (χ3n) is 13.7. The molecule has 0 heterocycles. The molecule has 0 atom stereocenters. The molecule has 2 heteroatoms. The van der Waals surface area contributed by atoms with Crippen LogP contribution >= 0.6 is 0 Å². The maximum absolute atomic E-state index is 2.44. The van der Waals surface area contributed by atoms with Crippen LogP contribution in [0.25, 0.3) is 67.4 Å². The lowest BCUT2D eigenvalue weighted by Crippen LogP contribution is -2.11. The first kappa shape index (κ1) is 42.4. The van der Waals surface area contributed by atoms with Gasteiger partial charge in [0.25, 0.3) is 0 Å². The lowest BCUT2D eigenvalue weighted by atomic mass is 9.86. The molecule has 0 aromatic heterocycles. The number of benzene rings is 11. The molecule has 0 aliphatic carbocycles. The molecule has 68 heavy (non-hydrogen) atoms. The Morgan fingerprint density at radius 3 is 0.765 bits per heavy atom. The second-order valence-electron chi connectivity index (χ2n) is 18.6. The Kier molecular flexibility index (Phi) is 11.0. The number of aryl methyl sites for hydroxylation is 6. The largest absolute Gasteiger partial charge is 0.310 e. The molecule has 0 amide bonds. The molecule has 0 aliphatic heterocycles. The number of nitrogens with zero attached hydrogens (tertiary/aromatic N) is 2. The molecule has 0 saturated carbocycles. The second-order valence-corrected chi connectivity index (χ2v) is 18.6. The smallest absolute Gasteiger partial charge is 0.0543 e. The zero-order chi connectivity index (χ0) is 46.5. The first-order chi connectivity index (χ1) is 33.2. The van der Waals surface area contributed by atoms with Crippen LogP contribution in [0, 0.1) is 41.5 Å². The summed E-state index contributed by atoms with van der Waals surface area (Å²) in [5.41, 5.74) is 19.1. The number of fused-ring (bicyclic) bond motifs is 2. The van der Waals surface area contributed by atoms with Crippen LogP contribution < -0.4 is 9.80 Å². The summed E-state index contributed by atoms with van der Waals surface area (Å²) >= 11 is 0. The Labute approximate surface area is 400 Å². The topological polar surface area (TPSA) is 6.48 Å². The van der Waals surface area contributed by atoms with Gasteiger partial charge in [-0.3, -0.25) is 0 Å². The molecule has 0 radical (unpaired) electrons. The maximum Gasteiger partial charge on any atom is 0.0543 e. The molecular formula is C66H54N2. The van der Waals surface area contributed by atoms with Crippen LogP contribution in [0.1, 0.15) is 55.6 Å². The van der Waals surface area contributed by atoms with E-state index in [0.29, 0.717) is 0 Å². The minimum atomic E-state index is 1.12. The van der Waals surface area contributed by atoms with E-state index in [1.54, 1.807) is 0 Å². The second kappa shape index (κ2) is 17.5. The fourth-order valence-corrected chi connectivity index (χ4v) is 10.0. The van der Waals surface area contributed by atoms with Crippen molar-refractivity contribution in [2.24, 2.45) is 0 Å². The van der Waals surface area contributed by atoms with E-state index in [2.05, 4.69) is 270 Å². The molecule has 11 rings (SSSR count). The normalized spacial score (nSPS) is 11.9. The van der Waals surface area contributed by atoms with Crippen molar-refractivity contribution in [3.63, 3.8) is 0 Å². The summed E-state index contributed by atoms with van der Waals surface area (Å²) in [6.45, 7) is 13.1. The maximum atomic E-state index is 2.44. The van der Waals surface area contributed by atoms with E-state index >= 15 is 0 Å². The van der Waals surface area contributed by atoms with Gasteiger partial charge in [0.2, 0.25) is 0 Å². The van der Waals surface area contributed by atoms with Gasteiger partial charge in [0.05, 0.1) is 11.4 Å². The molecule has 0 N–H and O–H groups in total. The van der Waals surface area contributed by atoms with Crippen molar-refractivity contribution < 1.29 is 0 Å². The van der Waals surface area contributed by atoms with Crippen LogP contribution in [0.15, 0.2) is 194 Å². The third kappa shape index (κ3) is 7.88. The highest BCUT2D eigenvalue weighted by atomic mass is 15.1. The molecule has 0 aliphatic rings. The van der Waals surface area contributed by atoms with Crippen molar-refractivity contribution >= 4 is 102 Å².